The first-order chi connectivity index (χ1) is 11.5. The van der Waals surface area contributed by atoms with Gasteiger partial charge < -0.3 is 16.4 Å². The topological polar surface area (TPSA) is 102 Å². The molecule has 1 aromatic carbocycles. The molecule has 0 saturated carbocycles. The number of primary amides is 1. The van der Waals surface area contributed by atoms with Crippen LogP contribution in [0.2, 0.25) is 0 Å². The normalized spacial score (nSPS) is 10.5. The van der Waals surface area contributed by atoms with Gasteiger partial charge in [-0.05, 0) is 36.2 Å². The number of nitrogens with one attached hydrogen (secondary N) is 2. The van der Waals surface area contributed by atoms with Crippen molar-refractivity contribution in [2.24, 2.45) is 5.73 Å². The number of aromatic nitrogens is 2. The van der Waals surface area contributed by atoms with E-state index in [1.54, 1.807) is 16.8 Å². The summed E-state index contributed by atoms with van der Waals surface area (Å²) in [6, 6.07) is 10.5. The van der Waals surface area contributed by atoms with Gasteiger partial charge in [0, 0.05) is 18.4 Å². The molecule has 0 radical (unpaired) electrons. The number of nitrogens with zero attached hydrogens (tertiary/aromatic N) is 2. The van der Waals surface area contributed by atoms with E-state index in [9.17, 15) is 9.59 Å². The zero-order valence-electron chi connectivity index (χ0n) is 13.1. The van der Waals surface area contributed by atoms with Crippen LogP contribution in [0.1, 0.15) is 21.6 Å². The number of fused-ring (bicyclic) bond motifs is 1. The molecule has 24 heavy (non-hydrogen) atoms. The maximum absolute atomic E-state index is 12.6. The SMILES string of the molecule is Cc1ccc(CNC(N)=O)cc1NC(=O)c1cnc2ccccn12. The maximum atomic E-state index is 12.6. The second-order valence-electron chi connectivity index (χ2n) is 5.39. The van der Waals surface area contributed by atoms with Gasteiger partial charge in [0.2, 0.25) is 0 Å². The first-order valence-corrected chi connectivity index (χ1v) is 7.41. The molecule has 3 aromatic rings. The number of amides is 3. The summed E-state index contributed by atoms with van der Waals surface area (Å²) in [4.78, 5) is 27.6. The molecule has 0 fully saturated rings. The van der Waals surface area contributed by atoms with Crippen LogP contribution >= 0.6 is 0 Å². The first-order valence-electron chi connectivity index (χ1n) is 7.41. The summed E-state index contributed by atoms with van der Waals surface area (Å²) in [7, 11) is 0. The average molecular weight is 323 g/mol. The number of imidazole rings is 1. The molecule has 3 rings (SSSR count). The van der Waals surface area contributed by atoms with Gasteiger partial charge in [-0.15, -0.1) is 0 Å². The molecule has 0 spiro atoms. The van der Waals surface area contributed by atoms with Gasteiger partial charge in [0.1, 0.15) is 11.3 Å². The lowest BCUT2D eigenvalue weighted by Crippen LogP contribution is -2.28. The van der Waals surface area contributed by atoms with Crippen molar-refractivity contribution in [1.29, 1.82) is 0 Å². The summed E-state index contributed by atoms with van der Waals surface area (Å²) in [5, 5.41) is 5.41. The zero-order valence-corrected chi connectivity index (χ0v) is 13.1. The highest BCUT2D eigenvalue weighted by Gasteiger charge is 2.13. The summed E-state index contributed by atoms with van der Waals surface area (Å²) >= 11 is 0. The van der Waals surface area contributed by atoms with Crippen molar-refractivity contribution in [2.45, 2.75) is 13.5 Å². The summed E-state index contributed by atoms with van der Waals surface area (Å²) in [6.07, 6.45) is 3.33. The second kappa shape index (κ2) is 6.41. The van der Waals surface area contributed by atoms with Gasteiger partial charge in [0.25, 0.3) is 5.91 Å². The van der Waals surface area contributed by atoms with E-state index in [4.69, 9.17) is 5.73 Å². The Morgan fingerprint density at radius 3 is 2.88 bits per heavy atom. The van der Waals surface area contributed by atoms with Gasteiger partial charge in [0.15, 0.2) is 0 Å². The van der Waals surface area contributed by atoms with Crippen LogP contribution in [0.15, 0.2) is 48.8 Å². The highest BCUT2D eigenvalue weighted by molar-refractivity contribution is 6.03. The average Bonchev–Trinajstić information content (AvgIpc) is 2.99. The molecular weight excluding hydrogens is 306 g/mol. The van der Waals surface area contributed by atoms with Gasteiger partial charge in [-0.3, -0.25) is 9.20 Å². The second-order valence-corrected chi connectivity index (χ2v) is 5.39. The standard InChI is InChI=1S/C17H17N5O2/c1-11-5-6-12(9-20-17(18)24)8-13(11)21-16(23)14-10-19-15-4-2-3-7-22(14)15/h2-8,10H,9H2,1H3,(H,21,23)(H3,18,20,24). The fraction of sp³-hybridized carbons (Fsp3) is 0.118. The van der Waals surface area contributed by atoms with Gasteiger partial charge in [-0.2, -0.15) is 0 Å². The molecule has 0 unspecified atom stereocenters. The number of rotatable bonds is 4. The molecule has 2 aromatic heterocycles. The minimum Gasteiger partial charge on any atom is -0.352 e. The number of benzene rings is 1. The highest BCUT2D eigenvalue weighted by atomic mass is 16.2. The van der Waals surface area contributed by atoms with E-state index in [-0.39, 0.29) is 5.91 Å². The molecule has 122 valence electrons. The lowest BCUT2D eigenvalue weighted by atomic mass is 10.1. The fourth-order valence-electron chi connectivity index (χ4n) is 2.39. The number of nitrogens with two attached hydrogens (primary N) is 1. The Balaban J connectivity index is 1.83. The molecule has 4 N–H and O–H groups in total. The minimum absolute atomic E-state index is 0.253. The van der Waals surface area contributed by atoms with E-state index >= 15 is 0 Å². The van der Waals surface area contributed by atoms with E-state index < -0.39 is 6.03 Å². The van der Waals surface area contributed by atoms with Crippen molar-refractivity contribution in [3.8, 4) is 0 Å². The fourth-order valence-corrected chi connectivity index (χ4v) is 2.39. The quantitative estimate of drug-likeness (QED) is 0.685. The largest absolute Gasteiger partial charge is 0.352 e. The lowest BCUT2D eigenvalue weighted by Gasteiger charge is -2.11. The number of carbonyl (C=O) groups is 2. The van der Waals surface area contributed by atoms with Crippen LogP contribution in [0.4, 0.5) is 10.5 Å². The molecule has 0 aliphatic rings. The Labute approximate surface area is 138 Å². The minimum atomic E-state index is -0.591. The number of aryl methyl sites for hydroxylation is 1. The van der Waals surface area contributed by atoms with Crippen molar-refractivity contribution in [3.05, 3.63) is 65.6 Å². The number of carbonyl (C=O) groups excluding carboxylic acids is 2. The van der Waals surface area contributed by atoms with Crippen molar-refractivity contribution >= 4 is 23.3 Å². The third-order valence-corrected chi connectivity index (χ3v) is 3.67. The van der Waals surface area contributed by atoms with Crippen LogP contribution in [0.5, 0.6) is 0 Å². The summed E-state index contributed by atoms with van der Waals surface area (Å²) < 4.78 is 1.73. The molecule has 7 nitrogen and oxygen atoms in total. The summed E-state index contributed by atoms with van der Waals surface area (Å²) in [5.41, 5.74) is 8.67. The van der Waals surface area contributed by atoms with E-state index in [1.807, 2.05) is 43.3 Å². The Kier molecular flexibility index (Phi) is 4.15. The van der Waals surface area contributed by atoms with Gasteiger partial charge in [-0.1, -0.05) is 18.2 Å². The zero-order chi connectivity index (χ0) is 17.1. The van der Waals surface area contributed by atoms with E-state index in [1.165, 1.54) is 0 Å². The van der Waals surface area contributed by atoms with Crippen molar-refractivity contribution in [2.75, 3.05) is 5.32 Å². The molecule has 0 aliphatic carbocycles. The first kappa shape index (κ1) is 15.5. The monoisotopic (exact) mass is 323 g/mol. The Hall–Kier alpha value is -3.35. The third-order valence-electron chi connectivity index (χ3n) is 3.67. The van der Waals surface area contributed by atoms with E-state index in [0.29, 0.717) is 23.6 Å². The van der Waals surface area contributed by atoms with Gasteiger partial charge in [-0.25, -0.2) is 9.78 Å². The smallest absolute Gasteiger partial charge is 0.312 e. The van der Waals surface area contributed by atoms with Crippen LogP contribution < -0.4 is 16.4 Å². The number of hydrogen-bond acceptors (Lipinski definition) is 3. The number of anilines is 1. The third kappa shape index (κ3) is 3.19. The molecule has 0 aliphatic heterocycles. The number of hydrogen-bond donors (Lipinski definition) is 3. The molecule has 0 bridgehead atoms. The Bertz CT molecular complexity index is 916. The van der Waals surface area contributed by atoms with Crippen molar-refractivity contribution < 1.29 is 9.59 Å². The predicted molar refractivity (Wildman–Crippen MR) is 90.7 cm³/mol. The van der Waals surface area contributed by atoms with Crippen LogP contribution in [-0.2, 0) is 6.54 Å². The lowest BCUT2D eigenvalue weighted by molar-refractivity contribution is 0.102. The summed E-state index contributed by atoms with van der Waals surface area (Å²) in [5.74, 6) is -0.253. The highest BCUT2D eigenvalue weighted by Crippen LogP contribution is 2.18. The summed E-state index contributed by atoms with van der Waals surface area (Å²) in [6.45, 7) is 2.20. The van der Waals surface area contributed by atoms with Crippen molar-refractivity contribution in [1.82, 2.24) is 14.7 Å². The number of urea groups is 1. The molecule has 3 amide bonds. The van der Waals surface area contributed by atoms with Gasteiger partial charge in [0.05, 0.1) is 6.20 Å². The molecular formula is C17H17N5O2. The molecule has 0 saturated heterocycles. The van der Waals surface area contributed by atoms with Crippen LogP contribution in [0.25, 0.3) is 5.65 Å². The van der Waals surface area contributed by atoms with Crippen LogP contribution in [-0.4, -0.2) is 21.3 Å². The van der Waals surface area contributed by atoms with Crippen LogP contribution in [0.3, 0.4) is 0 Å². The predicted octanol–water partition coefficient (Wildman–Crippen LogP) is 2.06. The molecule has 0 atom stereocenters. The maximum Gasteiger partial charge on any atom is 0.312 e. The van der Waals surface area contributed by atoms with E-state index in [0.717, 1.165) is 11.1 Å². The van der Waals surface area contributed by atoms with E-state index in [2.05, 4.69) is 15.6 Å². The molecule has 2 heterocycles. The van der Waals surface area contributed by atoms with Crippen molar-refractivity contribution in [3.63, 3.8) is 0 Å². The van der Waals surface area contributed by atoms with Crippen LogP contribution in [0, 0.1) is 6.92 Å². The Morgan fingerprint density at radius 2 is 2.08 bits per heavy atom. The number of pyridine rings is 1. The Morgan fingerprint density at radius 1 is 1.25 bits per heavy atom. The van der Waals surface area contributed by atoms with Gasteiger partial charge >= 0.3 is 6.03 Å². The molecule has 7 heteroatoms.